The van der Waals surface area contributed by atoms with E-state index in [2.05, 4.69) is 4.72 Å². The van der Waals surface area contributed by atoms with E-state index in [1.54, 1.807) is 17.0 Å². The number of nitrogens with one attached hydrogen (secondary N) is 1. The van der Waals surface area contributed by atoms with Crippen LogP contribution < -0.4 is 4.72 Å². The van der Waals surface area contributed by atoms with Crippen molar-refractivity contribution in [3.63, 3.8) is 0 Å². The second-order valence-electron chi connectivity index (χ2n) is 9.22. The molecule has 0 spiro atoms. The number of nitrogens with zero attached hydrogens (tertiary/aromatic N) is 1. The first-order valence-electron chi connectivity index (χ1n) is 10.3. The smallest absolute Gasteiger partial charge is 0.226 e. The predicted octanol–water partition coefficient (Wildman–Crippen LogP) is 3.52. The van der Waals surface area contributed by atoms with E-state index in [0.29, 0.717) is 18.5 Å². The quantitative estimate of drug-likeness (QED) is 0.735. The summed E-state index contributed by atoms with van der Waals surface area (Å²) in [6.45, 7) is 4.73. The predicted molar refractivity (Wildman–Crippen MR) is 115 cm³/mol. The maximum absolute atomic E-state index is 14.4. The molecule has 0 bridgehead atoms. The second-order valence-corrected chi connectivity index (χ2v) is 11.1. The second kappa shape index (κ2) is 7.67. The summed E-state index contributed by atoms with van der Waals surface area (Å²) < 4.78 is 54.3. The molecule has 1 amide bonds. The Balaban J connectivity index is 1.54. The lowest BCUT2D eigenvalue weighted by Crippen LogP contribution is -2.67. The van der Waals surface area contributed by atoms with Gasteiger partial charge in [-0.15, -0.1) is 0 Å². The molecule has 1 heterocycles. The number of halogens is 2. The Bertz CT molecular complexity index is 1110. The van der Waals surface area contributed by atoms with Crippen LogP contribution in [0.15, 0.2) is 42.5 Å². The van der Waals surface area contributed by atoms with E-state index < -0.39 is 21.7 Å². The fourth-order valence-electron chi connectivity index (χ4n) is 4.64. The highest BCUT2D eigenvalue weighted by molar-refractivity contribution is 7.88. The lowest BCUT2D eigenvalue weighted by Gasteiger charge is -2.54. The number of rotatable bonds is 6. The van der Waals surface area contributed by atoms with E-state index in [9.17, 15) is 22.0 Å². The van der Waals surface area contributed by atoms with Gasteiger partial charge in [-0.3, -0.25) is 4.79 Å². The van der Waals surface area contributed by atoms with Gasteiger partial charge < -0.3 is 4.90 Å². The first-order chi connectivity index (χ1) is 14.5. The van der Waals surface area contributed by atoms with E-state index >= 15 is 0 Å². The van der Waals surface area contributed by atoms with Crippen LogP contribution in [0.1, 0.15) is 31.7 Å². The standard InChI is InChI=1S/C23H26F2N2O3S/c1-23(2)13-27(20(23)12-26-31(3,29)30)22(28)17-11-16(17)14-7-4-5-8-15(14)21-18(24)9-6-10-19(21)25/h4-10,16-17,20,26H,11-13H2,1-3H3/t16-,17+,20+/m0/s1. The Morgan fingerprint density at radius 2 is 1.77 bits per heavy atom. The number of hydrogen-bond acceptors (Lipinski definition) is 3. The van der Waals surface area contributed by atoms with Crippen LogP contribution in [0, 0.1) is 23.0 Å². The third kappa shape index (κ3) is 4.23. The van der Waals surface area contributed by atoms with E-state index in [1.165, 1.54) is 18.2 Å². The average molecular weight is 449 g/mol. The zero-order chi connectivity index (χ0) is 22.6. The van der Waals surface area contributed by atoms with Gasteiger partial charge in [0.2, 0.25) is 15.9 Å². The SMILES string of the molecule is CC1(C)CN(C(=O)[C@@H]2C[C@H]2c2ccccc2-c2c(F)cccc2F)[C@@H]1CNS(C)(=O)=O. The molecule has 31 heavy (non-hydrogen) atoms. The van der Waals surface area contributed by atoms with Gasteiger partial charge >= 0.3 is 0 Å². The van der Waals surface area contributed by atoms with Gasteiger partial charge in [0, 0.05) is 24.4 Å². The molecule has 1 aliphatic heterocycles. The summed E-state index contributed by atoms with van der Waals surface area (Å²) in [5.41, 5.74) is 0.968. The van der Waals surface area contributed by atoms with Gasteiger partial charge in [0.1, 0.15) is 11.6 Å². The summed E-state index contributed by atoms with van der Waals surface area (Å²) in [6, 6.07) is 10.6. The van der Waals surface area contributed by atoms with Crippen molar-refractivity contribution >= 4 is 15.9 Å². The topological polar surface area (TPSA) is 66.5 Å². The van der Waals surface area contributed by atoms with E-state index in [-0.39, 0.29) is 41.3 Å². The van der Waals surface area contributed by atoms with Crippen molar-refractivity contribution in [2.45, 2.75) is 32.2 Å². The molecule has 4 rings (SSSR count). The lowest BCUT2D eigenvalue weighted by molar-refractivity contribution is -0.152. The lowest BCUT2D eigenvalue weighted by atomic mass is 9.74. The fraction of sp³-hybridized carbons (Fsp3) is 0.435. The molecule has 1 aliphatic carbocycles. The summed E-state index contributed by atoms with van der Waals surface area (Å²) in [6.07, 6.45) is 1.70. The Hall–Kier alpha value is -2.32. The normalized spacial score (nSPS) is 24.5. The van der Waals surface area contributed by atoms with Crippen LogP contribution in [0.2, 0.25) is 0 Å². The Morgan fingerprint density at radius 3 is 2.39 bits per heavy atom. The molecule has 2 fully saturated rings. The van der Waals surface area contributed by atoms with E-state index in [0.717, 1.165) is 11.8 Å². The molecule has 0 radical (unpaired) electrons. The highest BCUT2D eigenvalue weighted by atomic mass is 32.2. The monoisotopic (exact) mass is 448 g/mol. The van der Waals surface area contributed by atoms with Crippen LogP contribution in [0.5, 0.6) is 0 Å². The molecule has 2 aromatic rings. The Labute approximate surface area is 181 Å². The minimum Gasteiger partial charge on any atom is -0.337 e. The van der Waals surface area contributed by atoms with Crippen molar-refractivity contribution in [1.29, 1.82) is 0 Å². The van der Waals surface area contributed by atoms with Crippen molar-refractivity contribution < 1.29 is 22.0 Å². The van der Waals surface area contributed by atoms with Crippen LogP contribution in [0.3, 0.4) is 0 Å². The molecule has 166 valence electrons. The van der Waals surface area contributed by atoms with Gasteiger partial charge in [-0.1, -0.05) is 44.2 Å². The summed E-state index contributed by atoms with van der Waals surface area (Å²) in [5.74, 6) is -1.68. The van der Waals surface area contributed by atoms with Crippen molar-refractivity contribution in [2.24, 2.45) is 11.3 Å². The fourth-order valence-corrected chi connectivity index (χ4v) is 5.10. The zero-order valence-corrected chi connectivity index (χ0v) is 18.5. The number of sulfonamides is 1. The van der Waals surface area contributed by atoms with E-state index in [1.807, 2.05) is 26.0 Å². The third-order valence-corrected chi connectivity index (χ3v) is 7.07. The summed E-state index contributed by atoms with van der Waals surface area (Å²) in [4.78, 5) is 14.9. The molecule has 0 unspecified atom stereocenters. The largest absolute Gasteiger partial charge is 0.337 e. The molecule has 1 saturated heterocycles. The molecule has 2 aromatic carbocycles. The van der Waals surface area contributed by atoms with Gasteiger partial charge in [-0.05, 0) is 35.6 Å². The highest BCUT2D eigenvalue weighted by Crippen LogP contribution is 2.53. The summed E-state index contributed by atoms with van der Waals surface area (Å²) >= 11 is 0. The molecule has 1 N–H and O–H groups in total. The molecule has 5 nitrogen and oxygen atoms in total. The average Bonchev–Trinajstić information content (AvgIpc) is 3.46. The van der Waals surface area contributed by atoms with Gasteiger partial charge in [0.25, 0.3) is 0 Å². The summed E-state index contributed by atoms with van der Waals surface area (Å²) in [7, 11) is -3.36. The van der Waals surface area contributed by atoms with Gasteiger partial charge in [-0.2, -0.15) is 0 Å². The van der Waals surface area contributed by atoms with Crippen molar-refractivity contribution in [2.75, 3.05) is 19.3 Å². The highest BCUT2D eigenvalue weighted by Gasteiger charge is 2.54. The van der Waals surface area contributed by atoms with Crippen LogP contribution in [-0.2, 0) is 14.8 Å². The van der Waals surface area contributed by atoms with Gasteiger partial charge in [0.15, 0.2) is 0 Å². The zero-order valence-electron chi connectivity index (χ0n) is 17.7. The number of carbonyl (C=O) groups is 1. The van der Waals surface area contributed by atoms with Crippen LogP contribution >= 0.6 is 0 Å². The maximum Gasteiger partial charge on any atom is 0.226 e. The van der Waals surface area contributed by atoms with Crippen molar-refractivity contribution in [3.8, 4) is 11.1 Å². The van der Waals surface area contributed by atoms with Crippen LogP contribution in [0.25, 0.3) is 11.1 Å². The molecule has 0 aromatic heterocycles. The maximum atomic E-state index is 14.4. The van der Waals surface area contributed by atoms with Gasteiger partial charge in [-0.25, -0.2) is 21.9 Å². The first kappa shape index (κ1) is 21.9. The summed E-state index contributed by atoms with van der Waals surface area (Å²) in [5, 5.41) is 0. The van der Waals surface area contributed by atoms with Crippen molar-refractivity contribution in [3.05, 3.63) is 59.7 Å². The third-order valence-electron chi connectivity index (χ3n) is 6.38. The minimum absolute atomic E-state index is 0.0339. The molecular formula is C23H26F2N2O3S. The van der Waals surface area contributed by atoms with Crippen molar-refractivity contribution in [1.82, 2.24) is 9.62 Å². The Kier molecular flexibility index (Phi) is 5.42. The molecule has 3 atom stereocenters. The Morgan fingerprint density at radius 1 is 1.13 bits per heavy atom. The van der Waals surface area contributed by atoms with Crippen LogP contribution in [0.4, 0.5) is 8.78 Å². The number of carbonyl (C=O) groups excluding carboxylic acids is 1. The van der Waals surface area contributed by atoms with Gasteiger partial charge in [0.05, 0.1) is 17.9 Å². The number of hydrogen-bond donors (Lipinski definition) is 1. The van der Waals surface area contributed by atoms with E-state index in [4.69, 9.17) is 0 Å². The number of benzene rings is 2. The molecule has 1 saturated carbocycles. The number of likely N-dealkylation sites (tertiary alicyclic amines) is 1. The molecular weight excluding hydrogens is 422 g/mol. The molecule has 8 heteroatoms. The minimum atomic E-state index is -3.36. The molecule has 2 aliphatic rings. The number of amides is 1. The first-order valence-corrected chi connectivity index (χ1v) is 12.2. The van der Waals surface area contributed by atoms with Crippen LogP contribution in [-0.4, -0.2) is 44.6 Å².